The number of para-hydroxylation sites is 1. The molecule has 2 aromatic rings. The molecule has 1 saturated heterocycles. The van der Waals surface area contributed by atoms with Gasteiger partial charge in [-0.25, -0.2) is 10.2 Å². The molecule has 2 amide bonds. The van der Waals surface area contributed by atoms with Crippen LogP contribution in [0.4, 0.5) is 4.79 Å². The lowest BCUT2D eigenvalue weighted by atomic mass is 10.1. The maximum atomic E-state index is 12.0. The summed E-state index contributed by atoms with van der Waals surface area (Å²) in [6.45, 7) is 2.08. The third kappa shape index (κ3) is 2.77. The first-order valence-electron chi connectivity index (χ1n) is 7.04. The number of benzene rings is 1. The molecule has 2 N–H and O–H groups in total. The fourth-order valence-electron chi connectivity index (χ4n) is 2.66. The van der Waals surface area contributed by atoms with Crippen LogP contribution < -0.4 is 10.7 Å². The van der Waals surface area contributed by atoms with E-state index in [1.165, 1.54) is 0 Å². The second kappa shape index (κ2) is 5.54. The predicted octanol–water partition coefficient (Wildman–Crippen LogP) is 1.99. The van der Waals surface area contributed by atoms with Crippen LogP contribution in [-0.4, -0.2) is 41.8 Å². The third-order valence-corrected chi connectivity index (χ3v) is 3.88. The molecule has 0 unspecified atom stereocenters. The summed E-state index contributed by atoms with van der Waals surface area (Å²) in [6, 6.07) is 10.1. The minimum Gasteiger partial charge on any atom is -0.334 e. The summed E-state index contributed by atoms with van der Waals surface area (Å²) in [5, 5.41) is 4.16. The Morgan fingerprint density at radius 3 is 2.75 bits per heavy atom. The van der Waals surface area contributed by atoms with E-state index in [9.17, 15) is 4.79 Å². The largest absolute Gasteiger partial charge is 0.334 e. The number of urea groups is 1. The maximum Gasteiger partial charge on any atom is 0.334 e. The number of nitrogens with zero attached hydrogens (tertiary/aromatic N) is 2. The van der Waals surface area contributed by atoms with Crippen LogP contribution in [0.3, 0.4) is 0 Å². The Kier molecular flexibility index (Phi) is 3.60. The van der Waals surface area contributed by atoms with Gasteiger partial charge in [0.05, 0.1) is 5.52 Å². The van der Waals surface area contributed by atoms with Crippen LogP contribution in [0.5, 0.6) is 0 Å². The highest BCUT2D eigenvalue weighted by atomic mass is 16.2. The summed E-state index contributed by atoms with van der Waals surface area (Å²) < 4.78 is 1.76. The molecule has 1 aromatic heterocycles. The number of likely N-dealkylation sites (tertiary alicyclic amines) is 1. The number of hydrogen-bond donors (Lipinski definition) is 2. The third-order valence-electron chi connectivity index (χ3n) is 3.88. The summed E-state index contributed by atoms with van der Waals surface area (Å²) in [5.74, 6) is 0. The Hall–Kier alpha value is -2.01. The predicted molar refractivity (Wildman–Crippen MR) is 80.3 cm³/mol. The number of amides is 2. The molecule has 0 radical (unpaired) electrons. The Bertz CT molecular complexity index is 599. The average molecular weight is 272 g/mol. The quantitative estimate of drug-likeness (QED) is 0.878. The van der Waals surface area contributed by atoms with Gasteiger partial charge in [0.25, 0.3) is 0 Å². The fraction of sp³-hybridized carbons (Fsp3) is 0.400. The summed E-state index contributed by atoms with van der Waals surface area (Å²) in [4.78, 5) is 14.3. The van der Waals surface area contributed by atoms with E-state index < -0.39 is 0 Å². The first kappa shape index (κ1) is 13.0. The number of carbonyl (C=O) groups is 1. The molecule has 0 bridgehead atoms. The molecule has 0 atom stereocenters. The molecular weight excluding hydrogens is 252 g/mol. The van der Waals surface area contributed by atoms with Gasteiger partial charge >= 0.3 is 6.03 Å². The number of nitrogens with one attached hydrogen (secondary N) is 2. The minimum absolute atomic E-state index is 0.138. The van der Waals surface area contributed by atoms with Gasteiger partial charge in [-0.05, 0) is 45.1 Å². The Labute approximate surface area is 118 Å². The van der Waals surface area contributed by atoms with Crippen molar-refractivity contribution in [3.8, 4) is 0 Å². The van der Waals surface area contributed by atoms with Crippen molar-refractivity contribution in [2.24, 2.45) is 0 Å². The van der Waals surface area contributed by atoms with E-state index >= 15 is 0 Å². The first-order valence-corrected chi connectivity index (χ1v) is 7.04. The van der Waals surface area contributed by atoms with Gasteiger partial charge in [-0.15, -0.1) is 0 Å². The smallest absolute Gasteiger partial charge is 0.334 e. The molecule has 1 aliphatic rings. The maximum absolute atomic E-state index is 12.0. The van der Waals surface area contributed by atoms with Crippen LogP contribution in [0, 0.1) is 0 Å². The van der Waals surface area contributed by atoms with E-state index in [0.29, 0.717) is 0 Å². The van der Waals surface area contributed by atoms with Gasteiger partial charge in [0.1, 0.15) is 0 Å². The van der Waals surface area contributed by atoms with Crippen molar-refractivity contribution < 1.29 is 4.79 Å². The molecule has 20 heavy (non-hydrogen) atoms. The SMILES string of the molecule is CN1CCC(NC(=O)Nn2ccc3ccccc32)CC1. The summed E-state index contributed by atoms with van der Waals surface area (Å²) in [5.41, 5.74) is 3.88. The molecule has 2 heterocycles. The van der Waals surface area contributed by atoms with Crippen molar-refractivity contribution in [1.29, 1.82) is 0 Å². The Balaban J connectivity index is 1.61. The lowest BCUT2D eigenvalue weighted by Crippen LogP contribution is -2.46. The highest BCUT2D eigenvalue weighted by molar-refractivity contribution is 5.86. The number of fused-ring (bicyclic) bond motifs is 1. The molecule has 1 fully saturated rings. The van der Waals surface area contributed by atoms with Gasteiger partial charge < -0.3 is 10.2 Å². The van der Waals surface area contributed by atoms with E-state index in [2.05, 4.69) is 22.7 Å². The van der Waals surface area contributed by atoms with E-state index in [4.69, 9.17) is 0 Å². The highest BCUT2D eigenvalue weighted by Crippen LogP contribution is 2.13. The first-order chi connectivity index (χ1) is 9.72. The van der Waals surface area contributed by atoms with Crippen molar-refractivity contribution in [1.82, 2.24) is 14.9 Å². The second-order valence-corrected chi connectivity index (χ2v) is 5.41. The number of hydrogen-bond acceptors (Lipinski definition) is 2. The standard InChI is InChI=1S/C15H20N4O/c1-18-9-7-13(8-10-18)16-15(20)17-19-11-6-12-4-2-3-5-14(12)19/h2-6,11,13H,7-10H2,1H3,(H2,16,17,20). The number of carbonyl (C=O) groups excluding carboxylic acids is 1. The number of rotatable bonds is 2. The molecule has 1 aromatic carbocycles. The molecule has 0 aliphatic carbocycles. The summed E-state index contributed by atoms with van der Waals surface area (Å²) in [6.07, 6.45) is 3.89. The van der Waals surface area contributed by atoms with Crippen LogP contribution in [0.1, 0.15) is 12.8 Å². The van der Waals surface area contributed by atoms with Crippen LogP contribution in [-0.2, 0) is 0 Å². The van der Waals surface area contributed by atoms with Crippen molar-refractivity contribution in [2.45, 2.75) is 18.9 Å². The van der Waals surface area contributed by atoms with Crippen molar-refractivity contribution in [2.75, 3.05) is 25.6 Å². The van der Waals surface area contributed by atoms with Gasteiger partial charge in [0, 0.05) is 17.6 Å². The zero-order valence-corrected chi connectivity index (χ0v) is 11.7. The van der Waals surface area contributed by atoms with Gasteiger partial charge in [-0.1, -0.05) is 18.2 Å². The molecule has 5 heteroatoms. The van der Waals surface area contributed by atoms with E-state index in [-0.39, 0.29) is 12.1 Å². The molecule has 106 valence electrons. The van der Waals surface area contributed by atoms with Crippen molar-refractivity contribution >= 4 is 16.9 Å². The van der Waals surface area contributed by atoms with E-state index in [0.717, 1.165) is 36.8 Å². The van der Waals surface area contributed by atoms with E-state index in [1.807, 2.05) is 36.5 Å². The van der Waals surface area contributed by atoms with Crippen LogP contribution >= 0.6 is 0 Å². The molecule has 1 aliphatic heterocycles. The Morgan fingerprint density at radius 1 is 1.20 bits per heavy atom. The average Bonchev–Trinajstić information content (AvgIpc) is 2.85. The van der Waals surface area contributed by atoms with Gasteiger partial charge in [-0.2, -0.15) is 0 Å². The normalized spacial score (nSPS) is 17.2. The van der Waals surface area contributed by atoms with Gasteiger partial charge in [0.15, 0.2) is 0 Å². The van der Waals surface area contributed by atoms with Gasteiger partial charge in [-0.3, -0.25) is 4.68 Å². The molecule has 0 saturated carbocycles. The fourth-order valence-corrected chi connectivity index (χ4v) is 2.66. The van der Waals surface area contributed by atoms with Crippen molar-refractivity contribution in [3.63, 3.8) is 0 Å². The number of piperidine rings is 1. The number of aromatic nitrogens is 1. The van der Waals surface area contributed by atoms with Crippen LogP contribution in [0.15, 0.2) is 36.5 Å². The molecule has 0 spiro atoms. The zero-order chi connectivity index (χ0) is 13.9. The monoisotopic (exact) mass is 272 g/mol. The lowest BCUT2D eigenvalue weighted by Gasteiger charge is -2.29. The summed E-state index contributed by atoms with van der Waals surface area (Å²) >= 11 is 0. The highest BCUT2D eigenvalue weighted by Gasteiger charge is 2.18. The lowest BCUT2D eigenvalue weighted by molar-refractivity contribution is 0.220. The van der Waals surface area contributed by atoms with Crippen LogP contribution in [0.2, 0.25) is 0 Å². The summed E-state index contributed by atoms with van der Waals surface area (Å²) in [7, 11) is 2.11. The van der Waals surface area contributed by atoms with Crippen molar-refractivity contribution in [3.05, 3.63) is 36.5 Å². The minimum atomic E-state index is -0.138. The zero-order valence-electron chi connectivity index (χ0n) is 11.7. The molecule has 5 nitrogen and oxygen atoms in total. The Morgan fingerprint density at radius 2 is 1.95 bits per heavy atom. The van der Waals surface area contributed by atoms with E-state index in [1.54, 1.807) is 4.68 Å². The topological polar surface area (TPSA) is 49.3 Å². The van der Waals surface area contributed by atoms with Gasteiger partial charge in [0.2, 0.25) is 0 Å². The second-order valence-electron chi connectivity index (χ2n) is 5.41. The van der Waals surface area contributed by atoms with Crippen LogP contribution in [0.25, 0.3) is 10.9 Å². The molecular formula is C15H20N4O. The molecule has 3 rings (SSSR count).